The topological polar surface area (TPSA) is 77.5 Å². The molecule has 0 bridgehead atoms. The molecule has 0 aromatic heterocycles. The van der Waals surface area contributed by atoms with Crippen LogP contribution in [0.5, 0.6) is 0 Å². The maximum absolute atomic E-state index is 13.4. The highest BCUT2D eigenvalue weighted by atomic mass is 35.5. The van der Waals surface area contributed by atoms with Gasteiger partial charge in [0.05, 0.1) is 6.42 Å². The molecule has 0 saturated heterocycles. The first-order chi connectivity index (χ1) is 14.2. The van der Waals surface area contributed by atoms with Gasteiger partial charge in [-0.25, -0.2) is 0 Å². The smallest absolute Gasteiger partial charge is 0.307 e. The average Bonchev–Trinajstić information content (AvgIpc) is 3.03. The molecule has 0 unspecified atom stereocenters. The van der Waals surface area contributed by atoms with Gasteiger partial charge >= 0.3 is 5.97 Å². The van der Waals surface area contributed by atoms with Gasteiger partial charge in [-0.15, -0.1) is 11.6 Å². The van der Waals surface area contributed by atoms with Crippen molar-refractivity contribution in [3.63, 3.8) is 0 Å². The summed E-state index contributed by atoms with van der Waals surface area (Å²) in [7, 11) is 0. The molecule has 6 heteroatoms. The van der Waals surface area contributed by atoms with Crippen LogP contribution in [0, 0.1) is 22.7 Å². The summed E-state index contributed by atoms with van der Waals surface area (Å²) in [4.78, 5) is 49.8. The minimum absolute atomic E-state index is 0.0186. The number of hydrogen-bond donors (Lipinski definition) is 0. The third-order valence-electron chi connectivity index (χ3n) is 7.71. The van der Waals surface area contributed by atoms with E-state index in [4.69, 9.17) is 16.3 Å². The number of halogens is 1. The van der Waals surface area contributed by atoms with E-state index in [2.05, 4.69) is 0 Å². The summed E-state index contributed by atoms with van der Waals surface area (Å²) in [5, 5.41) is 0. The lowest BCUT2D eigenvalue weighted by molar-refractivity contribution is -0.150. The van der Waals surface area contributed by atoms with Crippen LogP contribution in [-0.4, -0.2) is 35.8 Å². The summed E-state index contributed by atoms with van der Waals surface area (Å²) in [6.45, 7) is 3.83. The van der Waals surface area contributed by atoms with Gasteiger partial charge in [0.25, 0.3) is 0 Å². The van der Waals surface area contributed by atoms with E-state index in [1.165, 1.54) is 5.57 Å². The van der Waals surface area contributed by atoms with Crippen LogP contribution in [0.25, 0.3) is 0 Å². The lowest BCUT2D eigenvalue weighted by Gasteiger charge is -2.48. The van der Waals surface area contributed by atoms with Crippen LogP contribution in [-0.2, 0) is 23.9 Å². The van der Waals surface area contributed by atoms with E-state index >= 15 is 0 Å². The molecule has 4 aliphatic carbocycles. The third-order valence-corrected chi connectivity index (χ3v) is 7.90. The van der Waals surface area contributed by atoms with E-state index < -0.39 is 16.8 Å². The van der Waals surface area contributed by atoms with Crippen molar-refractivity contribution in [3.05, 3.63) is 34.9 Å². The van der Waals surface area contributed by atoms with Gasteiger partial charge in [-0.05, 0) is 56.1 Å². The number of esters is 1. The Morgan fingerprint density at radius 3 is 2.70 bits per heavy atom. The van der Waals surface area contributed by atoms with Crippen molar-refractivity contribution in [1.82, 2.24) is 0 Å². The van der Waals surface area contributed by atoms with Gasteiger partial charge in [-0.2, -0.15) is 0 Å². The third kappa shape index (κ3) is 3.22. The molecule has 4 atom stereocenters. The van der Waals surface area contributed by atoms with E-state index in [0.29, 0.717) is 12.8 Å². The number of Topliss-reactive ketones (excluding diaryl/α,β-unsaturated/α-hetero) is 2. The first-order valence-corrected chi connectivity index (χ1v) is 11.2. The van der Waals surface area contributed by atoms with E-state index in [9.17, 15) is 19.2 Å². The molecule has 4 aliphatic rings. The minimum atomic E-state index is -0.515. The van der Waals surface area contributed by atoms with Crippen molar-refractivity contribution in [1.29, 1.82) is 0 Å². The summed E-state index contributed by atoms with van der Waals surface area (Å²) < 4.78 is 5.09. The SMILES string of the molecule is C[C@]12C=CC(=O)C=C1CCC1=C2C(=O)C[C@]2(C)[C@@H](C(=O)COC(=O)CCCl)CC[C@@H]12. The molecule has 0 aromatic rings. The Kier molecular flexibility index (Phi) is 5.38. The molecular weight excluding hydrogens is 404 g/mol. The second-order valence-electron chi connectivity index (χ2n) is 9.36. The summed E-state index contributed by atoms with van der Waals surface area (Å²) in [6.07, 6.45) is 8.60. The Labute approximate surface area is 181 Å². The highest BCUT2D eigenvalue weighted by Crippen LogP contribution is 2.62. The number of fused-ring (bicyclic) bond motifs is 4. The van der Waals surface area contributed by atoms with Crippen LogP contribution < -0.4 is 0 Å². The number of rotatable bonds is 5. The van der Waals surface area contributed by atoms with Crippen LogP contribution in [0.2, 0.25) is 0 Å². The number of ketones is 3. The van der Waals surface area contributed by atoms with Gasteiger partial charge in [0.1, 0.15) is 6.61 Å². The molecule has 0 spiro atoms. The van der Waals surface area contributed by atoms with Gasteiger partial charge in [0, 0.05) is 29.2 Å². The molecule has 30 heavy (non-hydrogen) atoms. The van der Waals surface area contributed by atoms with E-state index in [1.807, 2.05) is 19.9 Å². The van der Waals surface area contributed by atoms with E-state index in [-0.39, 0.29) is 48.1 Å². The molecule has 0 radical (unpaired) electrons. The van der Waals surface area contributed by atoms with Gasteiger partial charge in [0.2, 0.25) is 0 Å². The molecule has 5 nitrogen and oxygen atoms in total. The molecule has 1 fully saturated rings. The van der Waals surface area contributed by atoms with Gasteiger partial charge < -0.3 is 4.74 Å². The van der Waals surface area contributed by atoms with Crippen molar-refractivity contribution < 1.29 is 23.9 Å². The lowest BCUT2D eigenvalue weighted by atomic mass is 9.54. The molecule has 0 aliphatic heterocycles. The van der Waals surface area contributed by atoms with Crippen LogP contribution in [0.15, 0.2) is 34.9 Å². The fourth-order valence-corrected chi connectivity index (χ4v) is 6.42. The maximum atomic E-state index is 13.4. The summed E-state index contributed by atoms with van der Waals surface area (Å²) >= 11 is 5.55. The monoisotopic (exact) mass is 430 g/mol. The predicted molar refractivity (Wildman–Crippen MR) is 112 cm³/mol. The molecular formula is C24H27ClO5. The zero-order chi connectivity index (χ0) is 21.7. The Balaban J connectivity index is 1.62. The number of alkyl halides is 1. The van der Waals surface area contributed by atoms with Crippen molar-refractivity contribution in [2.75, 3.05) is 12.5 Å². The zero-order valence-corrected chi connectivity index (χ0v) is 18.2. The Morgan fingerprint density at radius 2 is 1.97 bits per heavy atom. The van der Waals surface area contributed by atoms with Crippen molar-refractivity contribution in [2.24, 2.45) is 22.7 Å². The molecule has 4 rings (SSSR count). The summed E-state index contributed by atoms with van der Waals surface area (Å²) in [6, 6.07) is 0. The van der Waals surface area contributed by atoms with Crippen LogP contribution in [0.4, 0.5) is 0 Å². The van der Waals surface area contributed by atoms with Crippen molar-refractivity contribution in [3.8, 4) is 0 Å². The normalized spacial score (nSPS) is 34.8. The first-order valence-electron chi connectivity index (χ1n) is 10.7. The van der Waals surface area contributed by atoms with Crippen molar-refractivity contribution >= 4 is 34.9 Å². The molecule has 160 valence electrons. The number of allylic oxidation sites excluding steroid dienone is 6. The van der Waals surface area contributed by atoms with Gasteiger partial charge in [0.15, 0.2) is 17.3 Å². The number of carbonyl (C=O) groups excluding carboxylic acids is 4. The summed E-state index contributed by atoms with van der Waals surface area (Å²) in [5.41, 5.74) is 2.06. The van der Waals surface area contributed by atoms with E-state index in [0.717, 1.165) is 30.4 Å². The number of hydrogen-bond acceptors (Lipinski definition) is 5. The van der Waals surface area contributed by atoms with Crippen LogP contribution in [0.3, 0.4) is 0 Å². The highest BCUT2D eigenvalue weighted by Gasteiger charge is 2.57. The molecule has 0 amide bonds. The standard InChI is InChI=1S/C24H27ClO5/c1-23-9-7-15(26)11-14(23)3-4-16-17-5-6-18(20(28)13-30-21(29)8-10-25)24(17,2)12-19(27)22(16)23/h7,9,11,17-18H,3-6,8,10,12-13H2,1-2H3/t17-,18+,23-,24-/m0/s1. The maximum Gasteiger partial charge on any atom is 0.307 e. The quantitative estimate of drug-likeness (QED) is 0.488. The van der Waals surface area contributed by atoms with Gasteiger partial charge in [-0.3, -0.25) is 19.2 Å². The number of carbonyl (C=O) groups is 4. The highest BCUT2D eigenvalue weighted by molar-refractivity contribution is 6.18. The van der Waals surface area contributed by atoms with Crippen LogP contribution >= 0.6 is 11.6 Å². The fourth-order valence-electron chi connectivity index (χ4n) is 6.27. The Bertz CT molecular complexity index is 926. The first kappa shape index (κ1) is 21.2. The van der Waals surface area contributed by atoms with Crippen LogP contribution in [0.1, 0.15) is 52.4 Å². The Hall–Kier alpha value is -2.01. The van der Waals surface area contributed by atoms with Gasteiger partial charge in [-0.1, -0.05) is 24.1 Å². The molecule has 0 heterocycles. The van der Waals surface area contributed by atoms with E-state index in [1.54, 1.807) is 12.2 Å². The largest absolute Gasteiger partial charge is 0.458 e. The lowest BCUT2D eigenvalue weighted by Crippen LogP contribution is -2.45. The van der Waals surface area contributed by atoms with Crippen molar-refractivity contribution in [2.45, 2.75) is 52.4 Å². The summed E-state index contributed by atoms with van der Waals surface area (Å²) in [5.74, 6) is -0.479. The second-order valence-corrected chi connectivity index (χ2v) is 9.74. The number of ether oxygens (including phenoxy) is 1. The zero-order valence-electron chi connectivity index (χ0n) is 17.5. The molecule has 0 N–H and O–H groups in total. The molecule has 1 saturated carbocycles. The second kappa shape index (κ2) is 7.60. The minimum Gasteiger partial charge on any atom is -0.458 e. The predicted octanol–water partition coefficient (Wildman–Crippen LogP) is 3.89. The fraction of sp³-hybridized carbons (Fsp3) is 0.583. The molecule has 0 aromatic carbocycles. The Morgan fingerprint density at radius 1 is 1.20 bits per heavy atom. The average molecular weight is 431 g/mol.